The van der Waals surface area contributed by atoms with Crippen LogP contribution in [0.4, 0.5) is 0 Å². The third-order valence-electron chi connectivity index (χ3n) is 3.37. The summed E-state index contributed by atoms with van der Waals surface area (Å²) in [6.07, 6.45) is 2.31. The Hall–Kier alpha value is -0.660. The minimum absolute atomic E-state index is 0.0637. The smallest absolute Gasteiger partial charge is 0.234 e. The van der Waals surface area contributed by atoms with Gasteiger partial charge in [-0.15, -0.1) is 0 Å². The fourth-order valence-corrected chi connectivity index (χ4v) is 4.02. The van der Waals surface area contributed by atoms with Gasteiger partial charge in [0.2, 0.25) is 5.91 Å². The summed E-state index contributed by atoms with van der Waals surface area (Å²) in [5.74, 6) is 0.315. The van der Waals surface area contributed by atoms with E-state index in [4.69, 9.17) is 4.74 Å². The van der Waals surface area contributed by atoms with E-state index in [1.165, 1.54) is 0 Å². The molecule has 1 unspecified atom stereocenters. The first-order valence-electron chi connectivity index (χ1n) is 6.36. The van der Waals surface area contributed by atoms with E-state index >= 15 is 0 Å². The normalized spacial score (nSPS) is 28.1. The number of sulfone groups is 1. The first-order chi connectivity index (χ1) is 8.55. The highest BCUT2D eigenvalue weighted by molar-refractivity contribution is 7.91. The lowest BCUT2D eigenvalue weighted by Gasteiger charge is -2.23. The Morgan fingerprint density at radius 1 is 1.17 bits per heavy atom. The van der Waals surface area contributed by atoms with E-state index in [1.807, 2.05) is 0 Å². The van der Waals surface area contributed by atoms with Gasteiger partial charge in [-0.05, 0) is 19.3 Å². The zero-order valence-corrected chi connectivity index (χ0v) is 11.2. The fourth-order valence-electron chi connectivity index (χ4n) is 2.31. The Kier molecular flexibility index (Phi) is 4.58. The molecule has 2 aliphatic rings. The van der Waals surface area contributed by atoms with Crippen LogP contribution in [0.5, 0.6) is 0 Å². The molecular weight excluding hydrogens is 256 g/mol. The molecule has 0 spiro atoms. The second-order valence-electron chi connectivity index (χ2n) is 4.94. The highest BCUT2D eigenvalue weighted by Gasteiger charge is 2.27. The molecule has 2 fully saturated rings. The summed E-state index contributed by atoms with van der Waals surface area (Å²) in [7, 11) is -2.88. The highest BCUT2D eigenvalue weighted by atomic mass is 32.2. The molecule has 18 heavy (non-hydrogen) atoms. The van der Waals surface area contributed by atoms with Crippen LogP contribution < -0.4 is 10.6 Å². The van der Waals surface area contributed by atoms with E-state index in [-0.39, 0.29) is 36.0 Å². The van der Waals surface area contributed by atoms with Crippen molar-refractivity contribution in [1.29, 1.82) is 0 Å². The summed E-state index contributed by atoms with van der Waals surface area (Å²) in [5.41, 5.74) is 0. The van der Waals surface area contributed by atoms with Crippen molar-refractivity contribution in [2.24, 2.45) is 0 Å². The molecule has 2 aliphatic heterocycles. The van der Waals surface area contributed by atoms with Gasteiger partial charge in [0.05, 0.1) is 18.1 Å². The minimum atomic E-state index is -2.88. The Labute approximate surface area is 107 Å². The number of hydrogen-bond donors (Lipinski definition) is 2. The molecule has 0 radical (unpaired) electrons. The predicted octanol–water partition coefficient (Wildman–Crippen LogP) is -0.942. The monoisotopic (exact) mass is 276 g/mol. The van der Waals surface area contributed by atoms with Crippen molar-refractivity contribution in [3.05, 3.63) is 0 Å². The molecular formula is C11H20N2O4S. The van der Waals surface area contributed by atoms with Crippen LogP contribution in [-0.4, -0.2) is 57.7 Å². The summed E-state index contributed by atoms with van der Waals surface area (Å²) in [6, 6.07) is 0.121. The van der Waals surface area contributed by atoms with Crippen LogP contribution >= 0.6 is 0 Å². The van der Waals surface area contributed by atoms with Crippen molar-refractivity contribution in [1.82, 2.24) is 10.6 Å². The van der Waals surface area contributed by atoms with Crippen molar-refractivity contribution in [2.45, 2.75) is 31.3 Å². The zero-order chi connectivity index (χ0) is 13.0. The average Bonchev–Trinajstić information content (AvgIpc) is 2.68. The Morgan fingerprint density at radius 3 is 2.50 bits per heavy atom. The summed E-state index contributed by atoms with van der Waals surface area (Å²) >= 11 is 0. The standard InChI is InChI=1S/C11H20N2O4S/c14-11(13-9-1-4-17-5-2-9)7-12-10-3-6-18(15,16)8-10/h9-10,12H,1-8H2,(H,13,14). The van der Waals surface area contributed by atoms with Crippen LogP contribution in [0.2, 0.25) is 0 Å². The molecule has 2 saturated heterocycles. The summed E-state index contributed by atoms with van der Waals surface area (Å²) in [6.45, 7) is 1.58. The number of carbonyl (C=O) groups excluding carboxylic acids is 1. The van der Waals surface area contributed by atoms with E-state index in [9.17, 15) is 13.2 Å². The van der Waals surface area contributed by atoms with Crippen LogP contribution in [0.1, 0.15) is 19.3 Å². The maximum Gasteiger partial charge on any atom is 0.234 e. The molecule has 7 heteroatoms. The van der Waals surface area contributed by atoms with Crippen LogP contribution in [0, 0.1) is 0 Å². The zero-order valence-electron chi connectivity index (χ0n) is 10.4. The van der Waals surface area contributed by atoms with Crippen LogP contribution in [0.15, 0.2) is 0 Å². The molecule has 0 aromatic heterocycles. The summed E-state index contributed by atoms with van der Waals surface area (Å²) in [4.78, 5) is 11.7. The maximum absolute atomic E-state index is 11.7. The number of ether oxygens (including phenoxy) is 1. The molecule has 0 aliphatic carbocycles. The van der Waals surface area contributed by atoms with E-state index in [0.29, 0.717) is 19.6 Å². The van der Waals surface area contributed by atoms with Gasteiger partial charge in [0.15, 0.2) is 9.84 Å². The summed E-state index contributed by atoms with van der Waals surface area (Å²) in [5, 5.41) is 5.94. The van der Waals surface area contributed by atoms with Crippen molar-refractivity contribution in [2.75, 3.05) is 31.3 Å². The molecule has 6 nitrogen and oxygen atoms in total. The van der Waals surface area contributed by atoms with Gasteiger partial charge in [-0.2, -0.15) is 0 Å². The Balaban J connectivity index is 1.65. The largest absolute Gasteiger partial charge is 0.381 e. The van der Waals surface area contributed by atoms with E-state index < -0.39 is 9.84 Å². The third-order valence-corrected chi connectivity index (χ3v) is 5.14. The number of carbonyl (C=O) groups is 1. The number of nitrogens with one attached hydrogen (secondary N) is 2. The van der Waals surface area contributed by atoms with Crippen molar-refractivity contribution in [3.8, 4) is 0 Å². The molecule has 0 bridgehead atoms. The quantitative estimate of drug-likeness (QED) is 0.692. The maximum atomic E-state index is 11.7. The molecule has 2 N–H and O–H groups in total. The van der Waals surface area contributed by atoms with E-state index in [0.717, 1.165) is 12.8 Å². The van der Waals surface area contributed by atoms with Gasteiger partial charge >= 0.3 is 0 Å². The van der Waals surface area contributed by atoms with Crippen molar-refractivity contribution < 1.29 is 17.9 Å². The van der Waals surface area contributed by atoms with Gasteiger partial charge in [0.25, 0.3) is 0 Å². The van der Waals surface area contributed by atoms with Crippen LogP contribution in [0.25, 0.3) is 0 Å². The molecule has 1 atom stereocenters. The summed E-state index contributed by atoms with van der Waals surface area (Å²) < 4.78 is 27.7. The van der Waals surface area contributed by atoms with Gasteiger partial charge in [-0.3, -0.25) is 4.79 Å². The van der Waals surface area contributed by atoms with E-state index in [2.05, 4.69) is 10.6 Å². The second-order valence-corrected chi connectivity index (χ2v) is 7.16. The Bertz CT molecular complexity index is 390. The molecule has 104 valence electrons. The first-order valence-corrected chi connectivity index (χ1v) is 8.18. The first kappa shape index (κ1) is 13.8. The molecule has 1 amide bonds. The fraction of sp³-hybridized carbons (Fsp3) is 0.909. The van der Waals surface area contributed by atoms with Gasteiger partial charge in [0.1, 0.15) is 0 Å². The Morgan fingerprint density at radius 2 is 1.89 bits per heavy atom. The average molecular weight is 276 g/mol. The number of hydrogen-bond acceptors (Lipinski definition) is 5. The lowest BCUT2D eigenvalue weighted by atomic mass is 10.1. The second kappa shape index (κ2) is 5.99. The van der Waals surface area contributed by atoms with E-state index in [1.54, 1.807) is 0 Å². The van der Waals surface area contributed by atoms with Gasteiger partial charge in [-0.1, -0.05) is 0 Å². The minimum Gasteiger partial charge on any atom is -0.381 e. The highest BCUT2D eigenvalue weighted by Crippen LogP contribution is 2.11. The van der Waals surface area contributed by atoms with Crippen LogP contribution in [0.3, 0.4) is 0 Å². The molecule has 0 saturated carbocycles. The third kappa shape index (κ3) is 4.22. The van der Waals surface area contributed by atoms with Crippen molar-refractivity contribution >= 4 is 15.7 Å². The molecule has 2 heterocycles. The lowest BCUT2D eigenvalue weighted by Crippen LogP contribution is -2.45. The lowest BCUT2D eigenvalue weighted by molar-refractivity contribution is -0.121. The number of rotatable bonds is 4. The van der Waals surface area contributed by atoms with Gasteiger partial charge in [0, 0.05) is 25.3 Å². The van der Waals surface area contributed by atoms with Gasteiger partial charge < -0.3 is 15.4 Å². The molecule has 0 aromatic rings. The molecule has 2 rings (SSSR count). The SMILES string of the molecule is O=C(CNC1CCS(=O)(=O)C1)NC1CCOCC1. The van der Waals surface area contributed by atoms with Crippen molar-refractivity contribution in [3.63, 3.8) is 0 Å². The van der Waals surface area contributed by atoms with Crippen LogP contribution in [-0.2, 0) is 19.4 Å². The number of amides is 1. The predicted molar refractivity (Wildman–Crippen MR) is 67.0 cm³/mol. The molecule has 0 aromatic carbocycles. The van der Waals surface area contributed by atoms with Gasteiger partial charge in [-0.25, -0.2) is 8.42 Å². The topological polar surface area (TPSA) is 84.5 Å².